The number of nitrogens with one attached hydrogen (secondary N) is 1. The number of ether oxygens (including phenoxy) is 1. The van der Waals surface area contributed by atoms with Gasteiger partial charge < -0.3 is 10.5 Å². The third kappa shape index (κ3) is 3.24. The fraction of sp³-hybridized carbons (Fsp3) is 0. The smallest absolute Gasteiger partial charge is 0.144 e. The lowest BCUT2D eigenvalue weighted by Crippen LogP contribution is -2.12. The van der Waals surface area contributed by atoms with Crippen LogP contribution in [0.2, 0.25) is 5.02 Å². The Hall–Kier alpha value is -1.59. The molecule has 0 fully saturated rings. The molecule has 0 aliphatic rings. The summed E-state index contributed by atoms with van der Waals surface area (Å²) in [5.41, 5.74) is 5.85. The van der Waals surface area contributed by atoms with Crippen LogP contribution in [0, 0.1) is 11.2 Å². The Morgan fingerprint density at radius 3 is 2.63 bits per heavy atom. The molecular weight excluding hydrogens is 335 g/mol. The number of hydrogen-bond acceptors (Lipinski definition) is 2. The van der Waals surface area contributed by atoms with Gasteiger partial charge in [-0.1, -0.05) is 11.6 Å². The third-order valence-corrected chi connectivity index (χ3v) is 3.24. The van der Waals surface area contributed by atoms with Crippen molar-refractivity contribution in [2.75, 3.05) is 0 Å². The van der Waals surface area contributed by atoms with E-state index < -0.39 is 5.82 Å². The van der Waals surface area contributed by atoms with Crippen LogP contribution in [-0.4, -0.2) is 5.84 Å². The van der Waals surface area contributed by atoms with E-state index in [1.165, 1.54) is 24.3 Å². The van der Waals surface area contributed by atoms with Crippen molar-refractivity contribution >= 4 is 33.4 Å². The van der Waals surface area contributed by atoms with E-state index in [-0.39, 0.29) is 11.6 Å². The van der Waals surface area contributed by atoms with Crippen LogP contribution in [0.3, 0.4) is 0 Å². The number of halogens is 3. The van der Waals surface area contributed by atoms with Crippen LogP contribution >= 0.6 is 27.5 Å². The molecule has 3 N–H and O–H groups in total. The fourth-order valence-corrected chi connectivity index (χ4v) is 1.97. The lowest BCUT2D eigenvalue weighted by molar-refractivity contribution is 0.472. The standard InChI is InChI=1S/C13H9BrClFN2O/c14-10-4-2-8(16)6-12(10)19-11-5-7(15)1-3-9(11)13(17)18/h1-6H,(H3,17,18). The Bertz CT molecular complexity index is 649. The summed E-state index contributed by atoms with van der Waals surface area (Å²) in [7, 11) is 0. The fourth-order valence-electron chi connectivity index (χ4n) is 1.48. The SMILES string of the molecule is N=C(N)c1ccc(Cl)cc1Oc1cc(F)ccc1Br. The van der Waals surface area contributed by atoms with E-state index >= 15 is 0 Å². The van der Waals surface area contributed by atoms with Crippen LogP contribution in [0.25, 0.3) is 0 Å². The van der Waals surface area contributed by atoms with E-state index in [1.807, 2.05) is 0 Å². The molecule has 0 saturated heterocycles. The Kier molecular flexibility index (Phi) is 4.07. The number of nitrogens with two attached hydrogens (primary N) is 1. The number of amidine groups is 1. The molecule has 2 aromatic carbocycles. The predicted molar refractivity (Wildman–Crippen MR) is 76.6 cm³/mol. The minimum Gasteiger partial charge on any atom is -0.455 e. The molecule has 19 heavy (non-hydrogen) atoms. The molecule has 2 rings (SSSR count). The molecule has 98 valence electrons. The third-order valence-electron chi connectivity index (χ3n) is 2.35. The van der Waals surface area contributed by atoms with Crippen LogP contribution in [0.4, 0.5) is 4.39 Å². The zero-order valence-electron chi connectivity index (χ0n) is 9.58. The molecule has 2 aromatic rings. The minimum atomic E-state index is -0.426. The van der Waals surface area contributed by atoms with Crippen LogP contribution in [0.5, 0.6) is 11.5 Å². The van der Waals surface area contributed by atoms with E-state index in [9.17, 15) is 4.39 Å². The van der Waals surface area contributed by atoms with Crippen molar-refractivity contribution in [3.8, 4) is 11.5 Å². The van der Waals surface area contributed by atoms with Crippen molar-refractivity contribution in [1.29, 1.82) is 5.41 Å². The molecule has 0 atom stereocenters. The number of benzene rings is 2. The summed E-state index contributed by atoms with van der Waals surface area (Å²) in [5, 5.41) is 7.91. The average Bonchev–Trinajstić information content (AvgIpc) is 2.33. The maximum atomic E-state index is 13.2. The van der Waals surface area contributed by atoms with Crippen molar-refractivity contribution in [2.45, 2.75) is 0 Å². The van der Waals surface area contributed by atoms with Gasteiger partial charge in [0, 0.05) is 17.2 Å². The summed E-state index contributed by atoms with van der Waals surface area (Å²) in [5.74, 6) is -0.000128. The van der Waals surface area contributed by atoms with Gasteiger partial charge in [-0.25, -0.2) is 4.39 Å². The van der Waals surface area contributed by atoms with Gasteiger partial charge in [-0.3, -0.25) is 5.41 Å². The molecule has 0 radical (unpaired) electrons. The van der Waals surface area contributed by atoms with Gasteiger partial charge in [0.05, 0.1) is 10.0 Å². The molecule has 3 nitrogen and oxygen atoms in total. The highest BCUT2D eigenvalue weighted by Gasteiger charge is 2.11. The largest absolute Gasteiger partial charge is 0.455 e. The molecule has 0 aromatic heterocycles. The normalized spacial score (nSPS) is 10.3. The Labute approximate surface area is 122 Å². The van der Waals surface area contributed by atoms with Crippen molar-refractivity contribution in [3.63, 3.8) is 0 Å². The lowest BCUT2D eigenvalue weighted by Gasteiger charge is -2.12. The minimum absolute atomic E-state index is 0.154. The molecule has 0 amide bonds. The van der Waals surface area contributed by atoms with Gasteiger partial charge in [0.25, 0.3) is 0 Å². The van der Waals surface area contributed by atoms with Crippen molar-refractivity contribution in [3.05, 3.63) is 57.3 Å². The summed E-state index contributed by atoms with van der Waals surface area (Å²) in [6.45, 7) is 0. The van der Waals surface area contributed by atoms with Gasteiger partial charge in [-0.2, -0.15) is 0 Å². The molecule has 0 aliphatic heterocycles. The maximum Gasteiger partial charge on any atom is 0.144 e. The molecule has 0 saturated carbocycles. The van der Waals surface area contributed by atoms with E-state index in [0.717, 1.165) is 0 Å². The lowest BCUT2D eigenvalue weighted by atomic mass is 10.2. The van der Waals surface area contributed by atoms with E-state index in [4.69, 9.17) is 27.5 Å². The Morgan fingerprint density at radius 2 is 1.95 bits per heavy atom. The van der Waals surface area contributed by atoms with Crippen LogP contribution in [0.1, 0.15) is 5.56 Å². The van der Waals surface area contributed by atoms with Crippen LogP contribution < -0.4 is 10.5 Å². The summed E-state index contributed by atoms with van der Waals surface area (Å²) in [4.78, 5) is 0. The maximum absolute atomic E-state index is 13.2. The number of hydrogen-bond donors (Lipinski definition) is 2. The monoisotopic (exact) mass is 342 g/mol. The second kappa shape index (κ2) is 5.59. The zero-order chi connectivity index (χ0) is 14.0. The van der Waals surface area contributed by atoms with Gasteiger partial charge in [0.15, 0.2) is 0 Å². The van der Waals surface area contributed by atoms with Gasteiger partial charge >= 0.3 is 0 Å². The summed E-state index contributed by atoms with van der Waals surface area (Å²) in [6, 6.07) is 8.77. The van der Waals surface area contributed by atoms with Gasteiger partial charge in [0.2, 0.25) is 0 Å². The Morgan fingerprint density at radius 1 is 1.21 bits per heavy atom. The van der Waals surface area contributed by atoms with E-state index in [2.05, 4.69) is 15.9 Å². The van der Waals surface area contributed by atoms with Gasteiger partial charge in [-0.05, 0) is 40.2 Å². The summed E-state index contributed by atoms with van der Waals surface area (Å²) >= 11 is 9.14. The highest BCUT2D eigenvalue weighted by molar-refractivity contribution is 9.10. The summed E-state index contributed by atoms with van der Waals surface area (Å²) in [6.07, 6.45) is 0. The zero-order valence-corrected chi connectivity index (χ0v) is 11.9. The topological polar surface area (TPSA) is 59.1 Å². The van der Waals surface area contributed by atoms with Crippen molar-refractivity contribution in [1.82, 2.24) is 0 Å². The highest BCUT2D eigenvalue weighted by atomic mass is 79.9. The first kappa shape index (κ1) is 13.8. The Balaban J connectivity index is 2.45. The first-order chi connectivity index (χ1) is 8.97. The highest BCUT2D eigenvalue weighted by Crippen LogP contribution is 2.33. The molecule has 0 heterocycles. The van der Waals surface area contributed by atoms with E-state index in [0.29, 0.717) is 20.8 Å². The second-order valence-electron chi connectivity index (χ2n) is 3.73. The average molecular weight is 344 g/mol. The van der Waals surface area contributed by atoms with Crippen LogP contribution in [-0.2, 0) is 0 Å². The van der Waals surface area contributed by atoms with Crippen molar-refractivity contribution < 1.29 is 9.13 Å². The first-order valence-electron chi connectivity index (χ1n) is 5.24. The molecule has 0 unspecified atom stereocenters. The molecule has 6 heteroatoms. The molecule has 0 spiro atoms. The molecule has 0 aliphatic carbocycles. The van der Waals surface area contributed by atoms with Crippen LogP contribution in [0.15, 0.2) is 40.9 Å². The summed E-state index contributed by atoms with van der Waals surface area (Å²) < 4.78 is 19.4. The van der Waals surface area contributed by atoms with Crippen molar-refractivity contribution in [2.24, 2.45) is 5.73 Å². The molecule has 0 bridgehead atoms. The number of nitrogen functional groups attached to an aromatic ring is 1. The molecular formula is C13H9BrClFN2O. The van der Waals surface area contributed by atoms with Gasteiger partial charge in [-0.15, -0.1) is 0 Å². The quantitative estimate of drug-likeness (QED) is 0.644. The second-order valence-corrected chi connectivity index (χ2v) is 5.02. The first-order valence-corrected chi connectivity index (χ1v) is 6.41. The number of rotatable bonds is 3. The van der Waals surface area contributed by atoms with E-state index in [1.54, 1.807) is 12.1 Å². The predicted octanol–water partition coefficient (Wildman–Crippen LogP) is 4.32. The van der Waals surface area contributed by atoms with Gasteiger partial charge in [0.1, 0.15) is 23.2 Å².